The minimum absolute atomic E-state index is 0.186. The molecule has 1 heterocycles. The van der Waals surface area contributed by atoms with Crippen molar-refractivity contribution in [2.75, 3.05) is 18.1 Å². The molecule has 0 saturated carbocycles. The number of carbonyl (C=O) groups excluding carboxylic acids is 3. The predicted octanol–water partition coefficient (Wildman–Crippen LogP) is 4.68. The van der Waals surface area contributed by atoms with Gasteiger partial charge in [-0.2, -0.15) is 0 Å². The Balaban J connectivity index is 2.03. The molecule has 1 saturated heterocycles. The van der Waals surface area contributed by atoms with Gasteiger partial charge in [0.25, 0.3) is 11.8 Å². The monoisotopic (exact) mass is 536 g/mol. The Hall–Kier alpha value is -2.65. The Morgan fingerprint density at radius 3 is 2.30 bits per heavy atom. The van der Waals surface area contributed by atoms with Gasteiger partial charge in [-0.25, -0.2) is 9.69 Å². The van der Waals surface area contributed by atoms with E-state index in [1.54, 1.807) is 36.4 Å². The van der Waals surface area contributed by atoms with Gasteiger partial charge in [0.15, 0.2) is 0 Å². The first-order valence-corrected chi connectivity index (χ1v) is 10.7. The molecule has 30 heavy (non-hydrogen) atoms. The van der Waals surface area contributed by atoms with Crippen molar-refractivity contribution in [2.45, 2.75) is 13.8 Å². The quantitative estimate of drug-likeness (QED) is 0.427. The molecule has 0 spiro atoms. The van der Waals surface area contributed by atoms with Gasteiger partial charge >= 0.3 is 6.03 Å². The van der Waals surface area contributed by atoms with Gasteiger partial charge in [0.2, 0.25) is 0 Å². The zero-order valence-corrected chi connectivity index (χ0v) is 19.4. The molecule has 2 aromatic rings. The van der Waals surface area contributed by atoms with E-state index in [1.165, 1.54) is 6.08 Å². The maximum absolute atomic E-state index is 13.1. The third-order valence-corrected chi connectivity index (χ3v) is 5.18. The van der Waals surface area contributed by atoms with E-state index >= 15 is 0 Å². The van der Waals surface area contributed by atoms with Crippen molar-refractivity contribution >= 4 is 61.5 Å². The molecule has 0 aliphatic carbocycles. The third kappa shape index (κ3) is 4.57. The Morgan fingerprint density at radius 2 is 1.67 bits per heavy atom. The van der Waals surface area contributed by atoms with Crippen LogP contribution in [0.25, 0.3) is 6.08 Å². The van der Waals surface area contributed by atoms with Crippen molar-refractivity contribution in [1.29, 1.82) is 0 Å². The smallest absolute Gasteiger partial charge is 0.335 e. The highest BCUT2D eigenvalue weighted by Gasteiger charge is 2.37. The minimum Gasteiger partial charge on any atom is -0.494 e. The summed E-state index contributed by atoms with van der Waals surface area (Å²) >= 11 is 6.82. The Bertz CT molecular complexity index is 1030. The highest BCUT2D eigenvalue weighted by molar-refractivity contribution is 9.11. The molecular formula is C21H18Br2N2O5. The van der Waals surface area contributed by atoms with E-state index in [4.69, 9.17) is 9.47 Å². The lowest BCUT2D eigenvalue weighted by atomic mass is 10.1. The van der Waals surface area contributed by atoms with Crippen LogP contribution in [0.3, 0.4) is 0 Å². The van der Waals surface area contributed by atoms with Crippen LogP contribution in [0.4, 0.5) is 10.5 Å². The van der Waals surface area contributed by atoms with Gasteiger partial charge in [-0.3, -0.25) is 14.9 Å². The van der Waals surface area contributed by atoms with Gasteiger partial charge < -0.3 is 9.47 Å². The predicted molar refractivity (Wildman–Crippen MR) is 120 cm³/mol. The summed E-state index contributed by atoms with van der Waals surface area (Å²) in [6.07, 6.45) is 1.41. The summed E-state index contributed by atoms with van der Waals surface area (Å²) in [6.45, 7) is 4.58. The van der Waals surface area contributed by atoms with E-state index in [-0.39, 0.29) is 5.57 Å². The molecule has 0 atom stereocenters. The average Bonchev–Trinajstić information content (AvgIpc) is 2.69. The maximum atomic E-state index is 13.1. The molecule has 3 rings (SSSR count). The molecule has 1 aliphatic rings. The second-order valence-corrected chi connectivity index (χ2v) is 7.89. The largest absolute Gasteiger partial charge is 0.494 e. The number of benzene rings is 2. The number of ether oxygens (including phenoxy) is 2. The highest BCUT2D eigenvalue weighted by atomic mass is 79.9. The van der Waals surface area contributed by atoms with Crippen LogP contribution in [0.15, 0.2) is 50.9 Å². The number of hydrogen-bond acceptors (Lipinski definition) is 5. The number of imide groups is 2. The number of halogens is 2. The Labute approximate surface area is 190 Å². The second-order valence-electron chi connectivity index (χ2n) is 6.12. The molecule has 7 nitrogen and oxygen atoms in total. The maximum Gasteiger partial charge on any atom is 0.335 e. The molecule has 0 radical (unpaired) electrons. The van der Waals surface area contributed by atoms with Crippen LogP contribution in [0.5, 0.6) is 11.5 Å². The summed E-state index contributed by atoms with van der Waals surface area (Å²) in [4.78, 5) is 38.8. The van der Waals surface area contributed by atoms with Crippen molar-refractivity contribution in [3.8, 4) is 11.5 Å². The molecule has 1 fully saturated rings. The van der Waals surface area contributed by atoms with E-state index in [0.717, 1.165) is 9.37 Å². The number of nitrogens with zero attached hydrogens (tertiary/aromatic N) is 1. The molecular weight excluding hydrogens is 520 g/mol. The summed E-state index contributed by atoms with van der Waals surface area (Å²) < 4.78 is 12.4. The van der Waals surface area contributed by atoms with Crippen LogP contribution in [0.2, 0.25) is 0 Å². The number of nitrogens with one attached hydrogen (secondary N) is 1. The Kier molecular flexibility index (Phi) is 6.94. The lowest BCUT2D eigenvalue weighted by Crippen LogP contribution is -2.54. The van der Waals surface area contributed by atoms with Crippen LogP contribution in [0, 0.1) is 0 Å². The number of urea groups is 1. The molecule has 9 heteroatoms. The SMILES string of the molecule is CCOc1ccc(N2C(=O)NC(=O)/C(=C\c3cc(Br)cc(Br)c3OCC)C2=O)cc1. The molecule has 0 bridgehead atoms. The fraction of sp³-hybridized carbons (Fsp3) is 0.190. The summed E-state index contributed by atoms with van der Waals surface area (Å²) in [5.74, 6) is -0.409. The van der Waals surface area contributed by atoms with Crippen molar-refractivity contribution in [3.63, 3.8) is 0 Å². The molecule has 0 aromatic heterocycles. The van der Waals surface area contributed by atoms with Gasteiger partial charge in [-0.05, 0) is 72.3 Å². The first-order chi connectivity index (χ1) is 14.3. The number of rotatable bonds is 6. The second kappa shape index (κ2) is 9.44. The van der Waals surface area contributed by atoms with Crippen molar-refractivity contribution in [1.82, 2.24) is 5.32 Å². The third-order valence-electron chi connectivity index (χ3n) is 4.13. The van der Waals surface area contributed by atoms with E-state index in [0.29, 0.717) is 40.4 Å². The van der Waals surface area contributed by atoms with Gasteiger partial charge in [0, 0.05) is 10.0 Å². The van der Waals surface area contributed by atoms with Crippen LogP contribution in [-0.2, 0) is 9.59 Å². The van der Waals surface area contributed by atoms with Crippen molar-refractivity contribution in [3.05, 3.63) is 56.5 Å². The zero-order chi connectivity index (χ0) is 21.8. The molecule has 2 aromatic carbocycles. The van der Waals surface area contributed by atoms with Crippen molar-refractivity contribution in [2.24, 2.45) is 0 Å². The zero-order valence-electron chi connectivity index (χ0n) is 16.2. The van der Waals surface area contributed by atoms with Crippen LogP contribution in [-0.4, -0.2) is 31.1 Å². The van der Waals surface area contributed by atoms with Gasteiger partial charge in [-0.15, -0.1) is 0 Å². The average molecular weight is 538 g/mol. The molecule has 156 valence electrons. The van der Waals surface area contributed by atoms with Crippen LogP contribution in [0.1, 0.15) is 19.4 Å². The fourth-order valence-corrected chi connectivity index (χ4v) is 4.26. The van der Waals surface area contributed by atoms with E-state index in [2.05, 4.69) is 37.2 Å². The molecule has 0 unspecified atom stereocenters. The number of amides is 4. The van der Waals surface area contributed by atoms with Crippen molar-refractivity contribution < 1.29 is 23.9 Å². The van der Waals surface area contributed by atoms with Gasteiger partial charge in [0.1, 0.15) is 17.1 Å². The first-order valence-electron chi connectivity index (χ1n) is 9.11. The van der Waals surface area contributed by atoms with Gasteiger partial charge in [-0.1, -0.05) is 15.9 Å². The van der Waals surface area contributed by atoms with Crippen LogP contribution >= 0.6 is 31.9 Å². The molecule has 1 aliphatic heterocycles. The first kappa shape index (κ1) is 22.0. The summed E-state index contributed by atoms with van der Waals surface area (Å²) in [5, 5.41) is 2.21. The lowest BCUT2D eigenvalue weighted by molar-refractivity contribution is -0.122. The number of anilines is 1. The van der Waals surface area contributed by atoms with E-state index in [1.807, 2.05) is 13.8 Å². The molecule has 1 N–H and O–H groups in total. The number of hydrogen-bond donors (Lipinski definition) is 1. The molecule has 4 amide bonds. The fourth-order valence-electron chi connectivity index (χ4n) is 2.89. The lowest BCUT2D eigenvalue weighted by Gasteiger charge is -2.26. The Morgan fingerprint density at radius 1 is 1.00 bits per heavy atom. The topological polar surface area (TPSA) is 84.9 Å². The summed E-state index contributed by atoms with van der Waals surface area (Å²) in [7, 11) is 0. The standard InChI is InChI=1S/C21H18Br2N2O5/c1-3-29-15-7-5-14(6-8-15)25-20(27)16(19(26)24-21(25)28)10-12-9-13(22)11-17(23)18(12)30-4-2/h5-11H,3-4H2,1-2H3,(H,24,26,28)/b16-10+. The highest BCUT2D eigenvalue weighted by Crippen LogP contribution is 2.35. The van der Waals surface area contributed by atoms with E-state index in [9.17, 15) is 14.4 Å². The van der Waals surface area contributed by atoms with E-state index < -0.39 is 17.8 Å². The number of carbonyl (C=O) groups is 3. The summed E-state index contributed by atoms with van der Waals surface area (Å²) in [6, 6.07) is 9.17. The summed E-state index contributed by atoms with van der Waals surface area (Å²) in [5.41, 5.74) is 0.645. The normalized spacial score (nSPS) is 15.4. The van der Waals surface area contributed by atoms with Crippen LogP contribution < -0.4 is 19.7 Å². The minimum atomic E-state index is -0.813. The van der Waals surface area contributed by atoms with Gasteiger partial charge in [0.05, 0.1) is 23.4 Å². The number of barbiturate groups is 1.